The van der Waals surface area contributed by atoms with Crippen LogP contribution in [-0.2, 0) is 21.1 Å². The summed E-state index contributed by atoms with van der Waals surface area (Å²) in [6, 6.07) is 0. The SMILES string of the molecule is [CH2-]CN(C)C.[Mo]. The van der Waals surface area contributed by atoms with Crippen LogP contribution >= 0.6 is 0 Å². The topological polar surface area (TPSA) is 3.24 Å². The maximum atomic E-state index is 3.61. The fourth-order valence-electron chi connectivity index (χ4n) is 0. The molecule has 0 aliphatic rings. The maximum absolute atomic E-state index is 3.61. The summed E-state index contributed by atoms with van der Waals surface area (Å²) in [5.41, 5.74) is 0. The van der Waals surface area contributed by atoms with Crippen LogP contribution < -0.4 is 0 Å². The zero-order valence-corrected chi connectivity index (χ0v) is 6.28. The van der Waals surface area contributed by atoms with E-state index in [1.165, 1.54) is 0 Å². The first-order valence-corrected chi connectivity index (χ1v) is 1.71. The van der Waals surface area contributed by atoms with Gasteiger partial charge in [-0.2, -0.15) is 0 Å². The molecule has 0 saturated heterocycles. The summed E-state index contributed by atoms with van der Waals surface area (Å²) >= 11 is 0. The van der Waals surface area contributed by atoms with Crippen LogP contribution in [0.2, 0.25) is 0 Å². The third kappa shape index (κ3) is 8.82. The van der Waals surface area contributed by atoms with Gasteiger partial charge >= 0.3 is 0 Å². The van der Waals surface area contributed by atoms with Gasteiger partial charge in [-0.1, -0.05) is 0 Å². The van der Waals surface area contributed by atoms with Gasteiger partial charge in [0.2, 0.25) is 0 Å². The second-order valence-corrected chi connectivity index (χ2v) is 1.30. The van der Waals surface area contributed by atoms with E-state index in [0.29, 0.717) is 0 Å². The molecule has 38 valence electrons. The molecule has 0 spiro atoms. The molecule has 0 aliphatic heterocycles. The van der Waals surface area contributed by atoms with Gasteiger partial charge in [0.1, 0.15) is 0 Å². The van der Waals surface area contributed by atoms with Crippen LogP contribution in [0.15, 0.2) is 0 Å². The molecular weight excluding hydrogens is 158 g/mol. The Hall–Kier alpha value is 0.648. The van der Waals surface area contributed by atoms with E-state index in [2.05, 4.69) is 6.92 Å². The summed E-state index contributed by atoms with van der Waals surface area (Å²) < 4.78 is 0. The Morgan fingerprint density at radius 3 is 1.67 bits per heavy atom. The zero-order valence-electron chi connectivity index (χ0n) is 4.27. The Morgan fingerprint density at radius 2 is 1.67 bits per heavy atom. The molecule has 0 rings (SSSR count). The van der Waals surface area contributed by atoms with Crippen molar-refractivity contribution < 1.29 is 21.1 Å². The van der Waals surface area contributed by atoms with Crippen molar-refractivity contribution in [3.8, 4) is 0 Å². The molecule has 0 amide bonds. The van der Waals surface area contributed by atoms with Crippen molar-refractivity contribution in [2.45, 2.75) is 0 Å². The second-order valence-electron chi connectivity index (χ2n) is 1.30. The average molecular weight is 168 g/mol. The van der Waals surface area contributed by atoms with Crippen LogP contribution in [0.25, 0.3) is 0 Å². The molecule has 0 heterocycles. The molecule has 0 aromatic rings. The third-order valence-corrected chi connectivity index (χ3v) is 0.447. The predicted octanol–water partition coefficient (Wildman–Crippen LogP) is 0.380. The first-order chi connectivity index (χ1) is 2.27. The average Bonchev–Trinajstić information content (AvgIpc) is 1.38. The number of hydrogen-bond donors (Lipinski definition) is 0. The predicted molar refractivity (Wildman–Crippen MR) is 23.9 cm³/mol. The van der Waals surface area contributed by atoms with Gasteiger partial charge < -0.3 is 11.8 Å². The van der Waals surface area contributed by atoms with E-state index in [1.54, 1.807) is 0 Å². The summed E-state index contributed by atoms with van der Waals surface area (Å²) in [4.78, 5) is 2.01. The number of hydrogen-bond acceptors (Lipinski definition) is 1. The molecule has 0 N–H and O–H groups in total. The first kappa shape index (κ1) is 9.82. The van der Waals surface area contributed by atoms with E-state index in [0.717, 1.165) is 6.54 Å². The molecule has 0 radical (unpaired) electrons. The standard InChI is InChI=1S/C4H10N.Mo/c1-4-5(2)3;/h1,4H2,2-3H3;/q-1;. The van der Waals surface area contributed by atoms with Crippen LogP contribution in [0.5, 0.6) is 0 Å². The van der Waals surface area contributed by atoms with Crippen LogP contribution in [0.1, 0.15) is 0 Å². The number of rotatable bonds is 1. The maximum Gasteiger partial charge on any atom is 0 e. The Morgan fingerprint density at radius 1 is 1.50 bits per heavy atom. The van der Waals surface area contributed by atoms with Crippen LogP contribution in [0.4, 0.5) is 0 Å². The minimum Gasteiger partial charge on any atom is -0.339 e. The molecule has 0 aromatic heterocycles. The van der Waals surface area contributed by atoms with Gasteiger partial charge in [0.25, 0.3) is 0 Å². The quantitative estimate of drug-likeness (QED) is 0.404. The third-order valence-electron chi connectivity index (χ3n) is 0.447. The van der Waals surface area contributed by atoms with Crippen LogP contribution in [0.3, 0.4) is 0 Å². The van der Waals surface area contributed by atoms with Gasteiger partial charge in [-0.25, -0.2) is 0 Å². The van der Waals surface area contributed by atoms with Crippen LogP contribution in [-0.4, -0.2) is 25.5 Å². The Labute approximate surface area is 54.0 Å². The molecule has 2 heteroatoms. The van der Waals surface area contributed by atoms with Crippen molar-refractivity contribution in [1.82, 2.24) is 4.90 Å². The molecule has 0 fully saturated rings. The van der Waals surface area contributed by atoms with E-state index in [9.17, 15) is 0 Å². The zero-order chi connectivity index (χ0) is 4.28. The van der Waals surface area contributed by atoms with Crippen molar-refractivity contribution >= 4 is 0 Å². The molecule has 0 saturated carbocycles. The summed E-state index contributed by atoms with van der Waals surface area (Å²) in [5.74, 6) is 0. The monoisotopic (exact) mass is 170 g/mol. The summed E-state index contributed by atoms with van der Waals surface area (Å²) in [7, 11) is 3.99. The minimum atomic E-state index is 0. The van der Waals surface area contributed by atoms with E-state index in [4.69, 9.17) is 0 Å². The molecule has 0 aromatic carbocycles. The van der Waals surface area contributed by atoms with E-state index in [1.807, 2.05) is 19.0 Å². The molecule has 0 bridgehead atoms. The fraction of sp³-hybridized carbons (Fsp3) is 0.750. The van der Waals surface area contributed by atoms with Crippen molar-refractivity contribution in [3.05, 3.63) is 6.92 Å². The Balaban J connectivity index is 0. The summed E-state index contributed by atoms with van der Waals surface area (Å²) in [6.07, 6.45) is 0. The van der Waals surface area contributed by atoms with E-state index in [-0.39, 0.29) is 21.1 Å². The molecule has 6 heavy (non-hydrogen) atoms. The van der Waals surface area contributed by atoms with Crippen molar-refractivity contribution in [2.75, 3.05) is 20.6 Å². The van der Waals surface area contributed by atoms with Gasteiger partial charge in [-0.3, -0.25) is 0 Å². The van der Waals surface area contributed by atoms with E-state index < -0.39 is 0 Å². The van der Waals surface area contributed by atoms with Gasteiger partial charge in [0.15, 0.2) is 0 Å². The first-order valence-electron chi connectivity index (χ1n) is 1.71. The minimum absolute atomic E-state index is 0. The van der Waals surface area contributed by atoms with Gasteiger partial charge in [0, 0.05) is 21.1 Å². The Bertz CT molecular complexity index is 21.5. The van der Waals surface area contributed by atoms with E-state index >= 15 is 0 Å². The molecular formula is C4H10MoN-. The summed E-state index contributed by atoms with van der Waals surface area (Å²) in [6.45, 7) is 4.50. The molecule has 0 aliphatic carbocycles. The fourth-order valence-corrected chi connectivity index (χ4v) is 0. The van der Waals surface area contributed by atoms with Crippen molar-refractivity contribution in [3.63, 3.8) is 0 Å². The molecule has 0 unspecified atom stereocenters. The summed E-state index contributed by atoms with van der Waals surface area (Å²) in [5, 5.41) is 0. The smallest absolute Gasteiger partial charge is 0 e. The van der Waals surface area contributed by atoms with Gasteiger partial charge in [0.05, 0.1) is 0 Å². The van der Waals surface area contributed by atoms with Gasteiger partial charge in [-0.15, -0.1) is 6.54 Å². The largest absolute Gasteiger partial charge is 0.339 e. The van der Waals surface area contributed by atoms with Crippen LogP contribution in [0, 0.1) is 6.92 Å². The van der Waals surface area contributed by atoms with Crippen molar-refractivity contribution in [1.29, 1.82) is 0 Å². The normalized spacial score (nSPS) is 8.00. The second kappa shape index (κ2) is 5.65. The van der Waals surface area contributed by atoms with Gasteiger partial charge in [-0.05, 0) is 14.1 Å². The molecule has 0 atom stereocenters. The van der Waals surface area contributed by atoms with Crippen molar-refractivity contribution in [2.24, 2.45) is 0 Å². The Kier molecular flexibility index (Phi) is 9.24. The number of nitrogens with zero attached hydrogens (tertiary/aromatic N) is 1. The molecule has 1 nitrogen and oxygen atoms in total.